The van der Waals surface area contributed by atoms with Crippen LogP contribution < -0.4 is 5.32 Å². The Hall–Kier alpha value is -4.08. The van der Waals surface area contributed by atoms with Gasteiger partial charge >= 0.3 is 0 Å². The molecule has 0 saturated carbocycles. The molecule has 39 heavy (non-hydrogen) atoms. The Balaban J connectivity index is 1.45. The summed E-state index contributed by atoms with van der Waals surface area (Å²) in [5, 5.41) is 3.26. The van der Waals surface area contributed by atoms with Gasteiger partial charge in [0.25, 0.3) is 11.8 Å². The van der Waals surface area contributed by atoms with Crippen LogP contribution in [0.1, 0.15) is 52.1 Å². The number of carbonyl (C=O) groups is 2. The van der Waals surface area contributed by atoms with Gasteiger partial charge in [-0.05, 0) is 49.7 Å². The van der Waals surface area contributed by atoms with Crippen LogP contribution in [0.4, 0.5) is 11.4 Å². The van der Waals surface area contributed by atoms with E-state index in [2.05, 4.69) is 19.2 Å². The number of allylic oxidation sites excluding steroid dienone is 1. The van der Waals surface area contributed by atoms with Crippen LogP contribution in [0.5, 0.6) is 0 Å². The number of nitrogens with one attached hydrogen (secondary N) is 1. The minimum absolute atomic E-state index is 0.144. The van der Waals surface area contributed by atoms with Crippen LogP contribution in [0.2, 0.25) is 0 Å². The van der Waals surface area contributed by atoms with Gasteiger partial charge in [-0.2, -0.15) is 4.58 Å². The van der Waals surface area contributed by atoms with E-state index in [4.69, 9.17) is 0 Å². The van der Waals surface area contributed by atoms with Gasteiger partial charge in [-0.1, -0.05) is 36.4 Å². The second kappa shape index (κ2) is 10.2. The molecule has 0 aliphatic carbocycles. The van der Waals surface area contributed by atoms with E-state index >= 15 is 0 Å². The van der Waals surface area contributed by atoms with Gasteiger partial charge in [-0.3, -0.25) is 14.5 Å². The molecule has 200 valence electrons. The number of fused-ring (bicyclic) bond motifs is 2. The summed E-state index contributed by atoms with van der Waals surface area (Å²) in [6, 6.07) is 22.3. The minimum Gasteiger partial charge on any atom is -0.748 e. The fourth-order valence-corrected chi connectivity index (χ4v) is 5.76. The predicted octanol–water partition coefficient (Wildman–Crippen LogP) is 4.42. The number of hydrogen-bond donors (Lipinski definition) is 1. The summed E-state index contributed by atoms with van der Waals surface area (Å²) in [5.74, 6) is -1.06. The van der Waals surface area contributed by atoms with Crippen molar-refractivity contribution in [2.45, 2.75) is 32.2 Å². The first-order chi connectivity index (χ1) is 18.6. The molecule has 0 unspecified atom stereocenters. The average Bonchev–Trinajstić information content (AvgIpc) is 3.26. The summed E-state index contributed by atoms with van der Waals surface area (Å²) in [6.45, 7) is 4.64. The number of para-hydroxylation sites is 1. The van der Waals surface area contributed by atoms with Crippen LogP contribution in [0.15, 0.2) is 85.1 Å². The number of carbonyl (C=O) groups excluding carboxylic acids is 2. The summed E-state index contributed by atoms with van der Waals surface area (Å²) in [4.78, 5) is 27.1. The van der Waals surface area contributed by atoms with Gasteiger partial charge in [0, 0.05) is 41.8 Å². The molecule has 0 spiro atoms. The van der Waals surface area contributed by atoms with Crippen LogP contribution in [0, 0.1) is 0 Å². The highest BCUT2D eigenvalue weighted by atomic mass is 32.2. The molecule has 3 aromatic rings. The van der Waals surface area contributed by atoms with E-state index < -0.39 is 21.3 Å². The lowest BCUT2D eigenvalue weighted by Crippen LogP contribution is -2.30. The summed E-state index contributed by atoms with van der Waals surface area (Å²) in [5.41, 5.74) is 4.90. The van der Waals surface area contributed by atoms with Crippen molar-refractivity contribution in [3.63, 3.8) is 0 Å². The van der Waals surface area contributed by atoms with E-state index in [1.54, 1.807) is 24.3 Å². The number of imide groups is 1. The van der Waals surface area contributed by atoms with Gasteiger partial charge in [0.05, 0.1) is 33.2 Å². The first-order valence-corrected chi connectivity index (χ1v) is 14.3. The summed E-state index contributed by atoms with van der Waals surface area (Å²) in [6.07, 6.45) is 3.99. The zero-order chi connectivity index (χ0) is 27.8. The Labute approximate surface area is 228 Å². The fourth-order valence-electron chi connectivity index (χ4n) is 5.28. The monoisotopic (exact) mass is 543 g/mol. The SMILES string of the molecule is CC1(C)C(/C=C/Nc2ccccc2)=[N+](CCCS(=O)(=O)[O-])c2ccc(CN3C(=O)c4ccccc4C3=O)cc21. The number of benzene rings is 3. The van der Waals surface area contributed by atoms with E-state index in [9.17, 15) is 22.6 Å². The van der Waals surface area contributed by atoms with Crippen molar-refractivity contribution < 1.29 is 27.1 Å². The molecular weight excluding hydrogens is 514 g/mol. The molecule has 0 fully saturated rings. The van der Waals surface area contributed by atoms with Crippen molar-refractivity contribution in [3.8, 4) is 0 Å². The second-order valence-electron chi connectivity index (χ2n) is 10.2. The molecule has 2 aliphatic heterocycles. The van der Waals surface area contributed by atoms with E-state index in [0.29, 0.717) is 17.7 Å². The van der Waals surface area contributed by atoms with Gasteiger partial charge in [-0.25, -0.2) is 8.42 Å². The highest BCUT2D eigenvalue weighted by molar-refractivity contribution is 7.85. The quantitative estimate of drug-likeness (QED) is 0.243. The van der Waals surface area contributed by atoms with Crippen LogP contribution in [-0.2, 0) is 22.1 Å². The zero-order valence-electron chi connectivity index (χ0n) is 21.8. The van der Waals surface area contributed by atoms with E-state index in [-0.39, 0.29) is 24.8 Å². The average molecular weight is 544 g/mol. The predicted molar refractivity (Wildman–Crippen MR) is 148 cm³/mol. The lowest BCUT2D eigenvalue weighted by Gasteiger charge is -2.18. The first-order valence-electron chi connectivity index (χ1n) is 12.7. The molecule has 0 radical (unpaired) electrons. The lowest BCUT2D eigenvalue weighted by molar-refractivity contribution is -0.437. The molecular formula is C30H29N3O5S. The summed E-state index contributed by atoms with van der Waals surface area (Å²) >= 11 is 0. The van der Waals surface area contributed by atoms with Crippen molar-refractivity contribution in [2.75, 3.05) is 17.6 Å². The molecule has 0 saturated heterocycles. The molecule has 2 amide bonds. The van der Waals surface area contributed by atoms with Crippen molar-refractivity contribution in [1.82, 2.24) is 4.90 Å². The Bertz CT molecular complexity index is 1590. The molecule has 2 aliphatic rings. The third-order valence-electron chi connectivity index (χ3n) is 7.22. The smallest absolute Gasteiger partial charge is 0.261 e. The maximum Gasteiger partial charge on any atom is 0.261 e. The van der Waals surface area contributed by atoms with Crippen LogP contribution in [-0.4, -0.2) is 52.3 Å². The highest BCUT2D eigenvalue weighted by Crippen LogP contribution is 2.41. The van der Waals surface area contributed by atoms with Gasteiger partial charge in [0.2, 0.25) is 5.69 Å². The fraction of sp³-hybridized carbons (Fsp3) is 0.233. The van der Waals surface area contributed by atoms with Crippen molar-refractivity contribution in [2.24, 2.45) is 0 Å². The maximum absolute atomic E-state index is 12.9. The Kier molecular flexibility index (Phi) is 6.96. The molecule has 5 rings (SSSR count). The van der Waals surface area contributed by atoms with Crippen LogP contribution in [0.3, 0.4) is 0 Å². The minimum atomic E-state index is -4.33. The Morgan fingerprint density at radius 2 is 1.59 bits per heavy atom. The van der Waals surface area contributed by atoms with Crippen molar-refractivity contribution >= 4 is 39.0 Å². The van der Waals surface area contributed by atoms with Gasteiger partial charge in [0.15, 0.2) is 5.71 Å². The maximum atomic E-state index is 12.9. The second-order valence-corrected chi connectivity index (χ2v) is 11.7. The molecule has 1 N–H and O–H groups in total. The Morgan fingerprint density at radius 3 is 2.23 bits per heavy atom. The van der Waals surface area contributed by atoms with Gasteiger partial charge in [-0.15, -0.1) is 0 Å². The standard InChI is InChI=1S/C30H29N3O5S/c1-30(2)25-19-21(20-33-28(34)23-11-6-7-12-24(23)29(33)35)13-14-26(25)32(17-8-18-39(36,37)38)27(30)15-16-31-22-9-4-3-5-10-22/h3-7,9-16,19H,8,17-18,20H2,1-2H3,(H,36,37,38). The molecule has 2 heterocycles. The topological polar surface area (TPSA) is 110 Å². The van der Waals surface area contributed by atoms with Crippen molar-refractivity contribution in [3.05, 3.63) is 107 Å². The number of anilines is 1. The third-order valence-corrected chi connectivity index (χ3v) is 8.00. The molecule has 9 heteroatoms. The lowest BCUT2D eigenvalue weighted by atomic mass is 9.81. The summed E-state index contributed by atoms with van der Waals surface area (Å²) in [7, 11) is -4.33. The van der Waals surface area contributed by atoms with Crippen molar-refractivity contribution in [1.29, 1.82) is 0 Å². The normalized spacial score (nSPS) is 16.2. The molecule has 8 nitrogen and oxygen atoms in total. The third kappa shape index (κ3) is 5.28. The number of hydrogen-bond acceptors (Lipinski definition) is 6. The molecule has 0 aromatic heterocycles. The van der Waals surface area contributed by atoms with Gasteiger partial charge < -0.3 is 9.87 Å². The largest absolute Gasteiger partial charge is 0.748 e. The Morgan fingerprint density at radius 1 is 0.949 bits per heavy atom. The molecule has 0 atom stereocenters. The van der Waals surface area contributed by atoms with Crippen LogP contribution in [0.25, 0.3) is 0 Å². The molecule has 3 aromatic carbocycles. The van der Waals surface area contributed by atoms with E-state index in [1.807, 2.05) is 65.4 Å². The van der Waals surface area contributed by atoms with Gasteiger partial charge in [0.1, 0.15) is 6.54 Å². The summed E-state index contributed by atoms with van der Waals surface area (Å²) < 4.78 is 35.8. The first kappa shape index (κ1) is 26.5. The molecule has 0 bridgehead atoms. The highest BCUT2D eigenvalue weighted by Gasteiger charge is 2.44. The van der Waals surface area contributed by atoms with Crippen LogP contribution >= 0.6 is 0 Å². The van der Waals surface area contributed by atoms with E-state index in [1.165, 1.54) is 4.90 Å². The van der Waals surface area contributed by atoms with E-state index in [0.717, 1.165) is 28.2 Å². The number of nitrogens with zero attached hydrogens (tertiary/aromatic N) is 2. The number of amides is 2. The number of rotatable bonds is 9. The zero-order valence-corrected chi connectivity index (χ0v) is 22.6.